The summed E-state index contributed by atoms with van der Waals surface area (Å²) in [5.74, 6) is 0. The van der Waals surface area contributed by atoms with Crippen LogP contribution in [-0.4, -0.2) is 29.7 Å². The van der Waals surface area contributed by atoms with Gasteiger partial charge in [0.15, 0.2) is 6.04 Å². The van der Waals surface area contributed by atoms with Gasteiger partial charge in [-0.2, -0.15) is 0 Å². The van der Waals surface area contributed by atoms with Gasteiger partial charge in [-0.3, -0.25) is 4.48 Å². The van der Waals surface area contributed by atoms with Crippen molar-refractivity contribution in [1.82, 2.24) is 0 Å². The molecule has 3 aliphatic heterocycles. The van der Waals surface area contributed by atoms with Crippen molar-refractivity contribution in [3.8, 4) is 0 Å². The van der Waals surface area contributed by atoms with Crippen LogP contribution < -0.4 is 0 Å². The summed E-state index contributed by atoms with van der Waals surface area (Å²) in [4.78, 5) is 0. The molecule has 7 heavy (non-hydrogen) atoms. The highest BCUT2D eigenvalue weighted by molar-refractivity contribution is 5.05. The molecular weight excluding hydrogens is 86.1 g/mol. The maximum atomic E-state index is 1.58. The molecule has 0 radical (unpaired) electrons. The lowest BCUT2D eigenvalue weighted by atomic mass is 10.2. The zero-order valence-electron chi connectivity index (χ0n) is 4.43. The molecule has 3 rings (SSSR count). The Morgan fingerprint density at radius 3 is 2.57 bits per heavy atom. The van der Waals surface area contributed by atoms with Gasteiger partial charge in [-0.05, 0) is 0 Å². The summed E-state index contributed by atoms with van der Waals surface area (Å²) in [5, 5.41) is 0. The zero-order valence-corrected chi connectivity index (χ0v) is 4.43. The molecule has 3 saturated heterocycles. The van der Waals surface area contributed by atoms with Crippen LogP contribution in [0.15, 0.2) is 0 Å². The number of rotatable bonds is 0. The third-order valence-corrected chi connectivity index (χ3v) is 3.14. The minimum atomic E-state index is 1.19. The van der Waals surface area contributed by atoms with Gasteiger partial charge in [-0.25, -0.2) is 0 Å². The van der Waals surface area contributed by atoms with Crippen LogP contribution in [0.3, 0.4) is 0 Å². The van der Waals surface area contributed by atoms with Crippen LogP contribution in [0.4, 0.5) is 0 Å². The first-order chi connectivity index (χ1) is 3.43. The molecule has 3 fully saturated rings. The van der Waals surface area contributed by atoms with Crippen LogP contribution in [0.2, 0.25) is 0 Å². The van der Waals surface area contributed by atoms with Gasteiger partial charge in [0, 0.05) is 12.8 Å². The second-order valence-corrected chi connectivity index (χ2v) is 3.29. The van der Waals surface area contributed by atoms with Crippen molar-refractivity contribution in [2.24, 2.45) is 0 Å². The second kappa shape index (κ2) is 0.576. The van der Waals surface area contributed by atoms with Crippen molar-refractivity contribution in [2.75, 3.05) is 13.1 Å². The summed E-state index contributed by atoms with van der Waals surface area (Å²) in [6, 6.07) is 2.40. The number of hydrogen-bond donors (Lipinski definition) is 0. The lowest BCUT2D eigenvalue weighted by molar-refractivity contribution is -0.707. The van der Waals surface area contributed by atoms with E-state index >= 15 is 0 Å². The Morgan fingerprint density at radius 1 is 1.29 bits per heavy atom. The van der Waals surface area contributed by atoms with E-state index in [0.717, 1.165) is 0 Å². The van der Waals surface area contributed by atoms with Crippen LogP contribution in [0.25, 0.3) is 0 Å². The molecule has 1 nitrogen and oxygen atoms in total. The molecule has 38 valence electrons. The number of quaternary nitrogens is 1. The molecule has 3 unspecified atom stereocenters. The molecule has 0 saturated carbocycles. The Hall–Kier alpha value is -0.0400. The van der Waals surface area contributed by atoms with E-state index in [2.05, 4.69) is 0 Å². The summed E-state index contributed by atoms with van der Waals surface area (Å²) in [5.41, 5.74) is 0. The first kappa shape index (κ1) is 3.08. The summed E-state index contributed by atoms with van der Waals surface area (Å²) in [6.45, 7) is 3.10. The number of nitrogens with zero attached hydrogens (tertiary/aromatic N) is 1. The van der Waals surface area contributed by atoms with Crippen LogP contribution in [-0.2, 0) is 0 Å². The fraction of sp³-hybridized carbons (Fsp3) is 1.00. The van der Waals surface area contributed by atoms with E-state index in [4.69, 9.17) is 0 Å². The van der Waals surface area contributed by atoms with Crippen LogP contribution >= 0.6 is 0 Å². The molecule has 0 aliphatic carbocycles. The maximum Gasteiger partial charge on any atom is 0.191 e. The Labute approximate surface area is 43.5 Å². The fourth-order valence-corrected chi connectivity index (χ4v) is 2.48. The molecule has 0 aromatic rings. The van der Waals surface area contributed by atoms with E-state index in [1.807, 2.05) is 0 Å². The van der Waals surface area contributed by atoms with Crippen LogP contribution in [0.5, 0.6) is 0 Å². The Bertz CT molecular complexity index is 132. The lowest BCUT2D eigenvalue weighted by Crippen LogP contribution is -2.13. The van der Waals surface area contributed by atoms with Crippen molar-refractivity contribution in [1.29, 1.82) is 0 Å². The van der Waals surface area contributed by atoms with Gasteiger partial charge < -0.3 is 0 Å². The molecule has 0 N–H and O–H groups in total. The minimum absolute atomic E-state index is 1.19. The molecule has 3 aliphatic rings. The number of fused-ring (bicyclic) bond motifs is 1. The first-order valence-electron chi connectivity index (χ1n) is 3.30. The predicted octanol–water partition coefficient (Wildman–Crippen LogP) is 0.361. The van der Waals surface area contributed by atoms with Gasteiger partial charge in [0.05, 0.1) is 6.54 Å². The standard InChI is InChI=1S/C6H10N/c1-2-5-6-4-7(5,6)3-1/h5-6H,1-4H2/q+1. The minimum Gasteiger partial charge on any atom is -0.299 e. The first-order valence-corrected chi connectivity index (χ1v) is 3.30. The van der Waals surface area contributed by atoms with E-state index in [1.165, 1.54) is 25.0 Å². The molecule has 3 atom stereocenters. The Kier molecular flexibility index (Phi) is 0.253. The molecule has 1 heteroatoms. The Morgan fingerprint density at radius 2 is 2.29 bits per heavy atom. The smallest absolute Gasteiger partial charge is 0.191 e. The van der Waals surface area contributed by atoms with Crippen molar-refractivity contribution >= 4 is 0 Å². The normalized spacial score (nSPS) is 72.0. The van der Waals surface area contributed by atoms with Crippen molar-refractivity contribution in [3.63, 3.8) is 0 Å². The van der Waals surface area contributed by atoms with Gasteiger partial charge in [0.2, 0.25) is 0 Å². The second-order valence-electron chi connectivity index (χ2n) is 3.29. The predicted molar refractivity (Wildman–Crippen MR) is 26.8 cm³/mol. The molecular formula is C6H10N+. The fourth-order valence-electron chi connectivity index (χ4n) is 2.48. The van der Waals surface area contributed by atoms with Crippen molar-refractivity contribution < 1.29 is 4.48 Å². The molecule has 0 aromatic heterocycles. The monoisotopic (exact) mass is 96.1 g/mol. The summed E-state index contributed by atoms with van der Waals surface area (Å²) in [7, 11) is 0. The van der Waals surface area contributed by atoms with Crippen molar-refractivity contribution in [3.05, 3.63) is 0 Å². The number of hydrogen-bond acceptors (Lipinski definition) is 0. The third kappa shape index (κ3) is 0.163. The highest BCUT2D eigenvalue weighted by Crippen LogP contribution is 2.61. The lowest BCUT2D eigenvalue weighted by Gasteiger charge is -1.94. The SMILES string of the molecule is C1CC2C3C[N+]23C1. The number of piperidine rings is 1. The largest absolute Gasteiger partial charge is 0.299 e. The summed E-state index contributed by atoms with van der Waals surface area (Å²) < 4.78 is 1.58. The molecule has 0 amide bonds. The third-order valence-electron chi connectivity index (χ3n) is 3.14. The van der Waals surface area contributed by atoms with Gasteiger partial charge >= 0.3 is 0 Å². The molecule has 3 heterocycles. The summed E-state index contributed by atoms with van der Waals surface area (Å²) >= 11 is 0. The maximum absolute atomic E-state index is 1.58. The topological polar surface area (TPSA) is 0 Å². The van der Waals surface area contributed by atoms with Gasteiger partial charge in [0.25, 0.3) is 0 Å². The van der Waals surface area contributed by atoms with Gasteiger partial charge in [0.1, 0.15) is 12.6 Å². The summed E-state index contributed by atoms with van der Waals surface area (Å²) in [6.07, 6.45) is 3.09. The van der Waals surface area contributed by atoms with E-state index in [0.29, 0.717) is 0 Å². The zero-order chi connectivity index (χ0) is 4.48. The molecule has 0 bridgehead atoms. The highest BCUT2D eigenvalue weighted by atomic mass is 15.7. The van der Waals surface area contributed by atoms with Gasteiger partial charge in [-0.1, -0.05) is 0 Å². The van der Waals surface area contributed by atoms with E-state index in [1.54, 1.807) is 17.4 Å². The van der Waals surface area contributed by atoms with Crippen LogP contribution in [0, 0.1) is 0 Å². The van der Waals surface area contributed by atoms with Gasteiger partial charge in [-0.15, -0.1) is 0 Å². The van der Waals surface area contributed by atoms with E-state index in [9.17, 15) is 0 Å². The quantitative estimate of drug-likeness (QED) is 0.302. The Balaban J connectivity index is 2.07. The van der Waals surface area contributed by atoms with Crippen molar-refractivity contribution in [2.45, 2.75) is 24.9 Å². The molecule has 1 spiro atoms. The van der Waals surface area contributed by atoms with E-state index < -0.39 is 0 Å². The average Bonchev–Trinajstić information content (AvgIpc) is 2.41. The average molecular weight is 96.2 g/mol. The van der Waals surface area contributed by atoms with E-state index in [-0.39, 0.29) is 0 Å². The van der Waals surface area contributed by atoms with Crippen LogP contribution in [0.1, 0.15) is 12.8 Å². The molecule has 0 aromatic carbocycles. The highest BCUT2D eigenvalue weighted by Gasteiger charge is 2.84.